The van der Waals surface area contributed by atoms with Gasteiger partial charge >= 0.3 is 6.18 Å². The van der Waals surface area contributed by atoms with Crippen LogP contribution in [0.4, 0.5) is 17.6 Å². The van der Waals surface area contributed by atoms with E-state index in [9.17, 15) is 22.4 Å². The molecule has 0 amide bonds. The molecule has 0 aliphatic carbocycles. The molecule has 0 aliphatic heterocycles. The highest BCUT2D eigenvalue weighted by atomic mass is 19.4. The standard InChI is InChI=1S/C26H13F4N3O4/c27-18-8-16(7-17(9-18)26(28,29)30)25-32-23(33-37-25)13-35-19-5-6-20-22(10-19)36-12-21(24(20)34)15-3-1-14(11-31)2-4-15/h1-10,12H,13H2. The van der Waals surface area contributed by atoms with Crippen molar-refractivity contribution in [3.05, 3.63) is 99.9 Å². The first kappa shape index (κ1) is 23.7. The second-order valence-corrected chi connectivity index (χ2v) is 7.86. The lowest BCUT2D eigenvalue weighted by molar-refractivity contribution is -0.137. The number of alkyl halides is 3. The van der Waals surface area contributed by atoms with Crippen LogP contribution in [0.2, 0.25) is 0 Å². The summed E-state index contributed by atoms with van der Waals surface area (Å²) in [4.78, 5) is 16.9. The molecule has 11 heteroatoms. The number of fused-ring (bicyclic) bond motifs is 1. The van der Waals surface area contributed by atoms with Crippen LogP contribution in [0.5, 0.6) is 5.75 Å². The maximum absolute atomic E-state index is 13.7. The van der Waals surface area contributed by atoms with Crippen LogP contribution >= 0.6 is 0 Å². The number of nitriles is 1. The predicted molar refractivity (Wildman–Crippen MR) is 122 cm³/mol. The summed E-state index contributed by atoms with van der Waals surface area (Å²) in [5, 5.41) is 12.9. The fraction of sp³-hybridized carbons (Fsp3) is 0.0769. The van der Waals surface area contributed by atoms with Gasteiger partial charge in [-0.2, -0.15) is 23.4 Å². The van der Waals surface area contributed by atoms with E-state index >= 15 is 0 Å². The van der Waals surface area contributed by atoms with Crippen molar-refractivity contribution in [1.29, 1.82) is 5.26 Å². The Morgan fingerprint density at radius 2 is 1.78 bits per heavy atom. The van der Waals surface area contributed by atoms with Crippen molar-refractivity contribution < 1.29 is 31.2 Å². The Kier molecular flexibility index (Phi) is 5.93. The van der Waals surface area contributed by atoms with Gasteiger partial charge in [0, 0.05) is 11.6 Å². The number of hydrogen-bond donors (Lipinski definition) is 0. The SMILES string of the molecule is N#Cc1ccc(-c2coc3cc(OCc4noc(-c5cc(F)cc(C(F)(F)F)c5)n4)ccc3c2=O)cc1. The Morgan fingerprint density at radius 3 is 2.51 bits per heavy atom. The highest BCUT2D eigenvalue weighted by Crippen LogP contribution is 2.33. The van der Waals surface area contributed by atoms with E-state index in [2.05, 4.69) is 10.1 Å². The normalized spacial score (nSPS) is 11.4. The van der Waals surface area contributed by atoms with E-state index in [0.29, 0.717) is 40.0 Å². The van der Waals surface area contributed by atoms with Crippen molar-refractivity contribution in [2.24, 2.45) is 0 Å². The maximum atomic E-state index is 13.7. The molecule has 0 bridgehead atoms. The zero-order valence-corrected chi connectivity index (χ0v) is 18.5. The summed E-state index contributed by atoms with van der Waals surface area (Å²) in [5.74, 6) is -1.09. The third kappa shape index (κ3) is 4.90. The molecule has 184 valence electrons. The number of nitrogens with zero attached hydrogens (tertiary/aromatic N) is 3. The zero-order valence-electron chi connectivity index (χ0n) is 18.5. The fourth-order valence-electron chi connectivity index (χ4n) is 3.58. The van der Waals surface area contributed by atoms with Crippen molar-refractivity contribution in [2.75, 3.05) is 0 Å². The molecule has 0 unspecified atom stereocenters. The van der Waals surface area contributed by atoms with Crippen LogP contribution in [0, 0.1) is 17.1 Å². The summed E-state index contributed by atoms with van der Waals surface area (Å²) < 4.78 is 68.7. The van der Waals surface area contributed by atoms with Gasteiger partial charge in [-0.05, 0) is 48.0 Å². The van der Waals surface area contributed by atoms with Crippen LogP contribution in [0.25, 0.3) is 33.6 Å². The average Bonchev–Trinajstić information content (AvgIpc) is 3.36. The molecule has 0 atom stereocenters. The van der Waals surface area contributed by atoms with Gasteiger partial charge in [0.1, 0.15) is 23.4 Å². The van der Waals surface area contributed by atoms with Crippen LogP contribution in [0.15, 0.2) is 80.7 Å². The Bertz CT molecular complexity index is 1720. The Balaban J connectivity index is 1.34. The van der Waals surface area contributed by atoms with Gasteiger partial charge in [-0.15, -0.1) is 0 Å². The van der Waals surface area contributed by atoms with Crippen LogP contribution in [-0.2, 0) is 12.8 Å². The Morgan fingerprint density at radius 1 is 1.00 bits per heavy atom. The second kappa shape index (κ2) is 9.23. The molecule has 37 heavy (non-hydrogen) atoms. The van der Waals surface area contributed by atoms with E-state index < -0.39 is 17.6 Å². The van der Waals surface area contributed by atoms with Crippen molar-refractivity contribution in [1.82, 2.24) is 10.1 Å². The lowest BCUT2D eigenvalue weighted by Crippen LogP contribution is -2.05. The van der Waals surface area contributed by atoms with E-state index in [1.807, 2.05) is 6.07 Å². The predicted octanol–water partition coefficient (Wildman–Crippen LogP) is 6.12. The van der Waals surface area contributed by atoms with Gasteiger partial charge in [0.05, 0.1) is 28.1 Å². The molecular formula is C26H13F4N3O4. The lowest BCUT2D eigenvalue weighted by Gasteiger charge is -2.07. The summed E-state index contributed by atoms with van der Waals surface area (Å²) in [6, 6.07) is 15.0. The van der Waals surface area contributed by atoms with Crippen LogP contribution in [-0.4, -0.2) is 10.1 Å². The molecule has 0 saturated heterocycles. The number of halogens is 4. The third-order valence-corrected chi connectivity index (χ3v) is 5.38. The summed E-state index contributed by atoms with van der Waals surface area (Å²) in [7, 11) is 0. The average molecular weight is 507 g/mol. The van der Waals surface area contributed by atoms with E-state index in [0.717, 1.165) is 6.07 Å². The summed E-state index contributed by atoms with van der Waals surface area (Å²) in [6.45, 7) is -0.218. The van der Waals surface area contributed by atoms with E-state index in [-0.39, 0.29) is 34.9 Å². The smallest absolute Gasteiger partial charge is 0.416 e. The number of rotatable bonds is 5. The highest BCUT2D eigenvalue weighted by Gasteiger charge is 2.32. The van der Waals surface area contributed by atoms with Crippen molar-refractivity contribution in [2.45, 2.75) is 12.8 Å². The van der Waals surface area contributed by atoms with Crippen molar-refractivity contribution >= 4 is 11.0 Å². The number of benzene rings is 3. The first-order valence-electron chi connectivity index (χ1n) is 10.6. The molecule has 0 aliphatic rings. The molecule has 0 N–H and O–H groups in total. The number of ether oxygens (including phenoxy) is 1. The second-order valence-electron chi connectivity index (χ2n) is 7.86. The van der Waals surface area contributed by atoms with E-state index in [1.54, 1.807) is 24.3 Å². The van der Waals surface area contributed by atoms with Gasteiger partial charge in [-0.3, -0.25) is 4.79 Å². The zero-order chi connectivity index (χ0) is 26.2. The molecule has 3 aromatic carbocycles. The molecule has 5 aromatic rings. The fourth-order valence-corrected chi connectivity index (χ4v) is 3.58. The molecule has 0 saturated carbocycles. The Labute approximate surface area is 205 Å². The first-order valence-corrected chi connectivity index (χ1v) is 10.6. The number of hydrogen-bond acceptors (Lipinski definition) is 7. The lowest BCUT2D eigenvalue weighted by atomic mass is 10.0. The van der Waals surface area contributed by atoms with Gasteiger partial charge in [-0.1, -0.05) is 17.3 Å². The summed E-state index contributed by atoms with van der Waals surface area (Å²) >= 11 is 0. The monoisotopic (exact) mass is 507 g/mol. The molecule has 2 heterocycles. The van der Waals surface area contributed by atoms with Crippen molar-refractivity contribution in [3.63, 3.8) is 0 Å². The van der Waals surface area contributed by atoms with Gasteiger partial charge < -0.3 is 13.7 Å². The maximum Gasteiger partial charge on any atom is 0.416 e. The topological polar surface area (TPSA) is 102 Å². The number of aromatic nitrogens is 2. The largest absolute Gasteiger partial charge is 0.485 e. The van der Waals surface area contributed by atoms with E-state index in [1.165, 1.54) is 24.5 Å². The summed E-state index contributed by atoms with van der Waals surface area (Å²) in [5.41, 5.74) is -0.0251. The minimum absolute atomic E-state index is 0.00512. The molecule has 0 radical (unpaired) electrons. The quantitative estimate of drug-likeness (QED) is 0.264. The molecule has 5 rings (SSSR count). The third-order valence-electron chi connectivity index (χ3n) is 5.38. The van der Waals surface area contributed by atoms with Gasteiger partial charge in [0.2, 0.25) is 5.82 Å². The molecule has 0 spiro atoms. The van der Waals surface area contributed by atoms with Gasteiger partial charge in [0.15, 0.2) is 12.0 Å². The van der Waals surface area contributed by atoms with Crippen LogP contribution in [0.1, 0.15) is 17.0 Å². The summed E-state index contributed by atoms with van der Waals surface area (Å²) in [6.07, 6.45) is -3.42. The van der Waals surface area contributed by atoms with Crippen molar-refractivity contribution in [3.8, 4) is 34.4 Å². The Hall–Kier alpha value is -4.98. The molecule has 2 aromatic heterocycles. The first-order chi connectivity index (χ1) is 17.7. The van der Waals surface area contributed by atoms with E-state index in [4.69, 9.17) is 18.9 Å². The molecule has 0 fully saturated rings. The van der Waals surface area contributed by atoms with Gasteiger partial charge in [-0.25, -0.2) is 4.39 Å². The van der Waals surface area contributed by atoms with Crippen LogP contribution < -0.4 is 10.2 Å². The molecular weight excluding hydrogens is 494 g/mol. The molecule has 7 nitrogen and oxygen atoms in total. The van der Waals surface area contributed by atoms with Crippen LogP contribution in [0.3, 0.4) is 0 Å². The minimum Gasteiger partial charge on any atom is -0.485 e. The minimum atomic E-state index is -4.74. The van der Waals surface area contributed by atoms with Gasteiger partial charge in [0.25, 0.3) is 5.89 Å². The highest BCUT2D eigenvalue weighted by molar-refractivity contribution is 5.82.